The Morgan fingerprint density at radius 3 is 1.59 bits per heavy atom. The zero-order chi connectivity index (χ0) is 28.1. The van der Waals surface area contributed by atoms with Crippen molar-refractivity contribution in [1.29, 1.82) is 0 Å². The summed E-state index contributed by atoms with van der Waals surface area (Å²) in [6.45, 7) is 16.0. The normalized spacial score (nSPS) is 8.57. The lowest BCUT2D eigenvalue weighted by atomic mass is 10.0. The molecule has 3 heteroatoms. The number of hydrogen-bond donors (Lipinski definition) is 0. The molecule has 0 bridgehead atoms. The van der Waals surface area contributed by atoms with Crippen LogP contribution in [0.15, 0.2) is 89.9 Å². The molecule has 0 aliphatic rings. The van der Waals surface area contributed by atoms with Crippen LogP contribution in [0.25, 0.3) is 21.9 Å². The Morgan fingerprint density at radius 2 is 1.05 bits per heavy atom. The lowest BCUT2D eigenvalue weighted by Crippen LogP contribution is -1.82. The van der Waals surface area contributed by atoms with Gasteiger partial charge in [0.2, 0.25) is 0 Å². The third-order valence-corrected chi connectivity index (χ3v) is 5.31. The van der Waals surface area contributed by atoms with Gasteiger partial charge >= 0.3 is 0 Å². The highest BCUT2D eigenvalue weighted by molar-refractivity contribution is 7.78. The summed E-state index contributed by atoms with van der Waals surface area (Å²) in [7, 11) is 2.77. The Morgan fingerprint density at radius 1 is 0.595 bits per heavy atom. The molecule has 1 nitrogen and oxygen atoms in total. The first kappa shape index (κ1) is 33.9. The monoisotopic (exact) mass is 527 g/mol. The van der Waals surface area contributed by atoms with Gasteiger partial charge in [0.25, 0.3) is 0 Å². The molecular formula is C34H42NPS. The molecule has 0 aliphatic carbocycles. The quantitative estimate of drug-likeness (QED) is 0.112. The first-order valence-corrected chi connectivity index (χ1v) is 14.5. The number of fused-ring (bicyclic) bond motifs is 1. The second-order valence-electron chi connectivity index (χ2n) is 6.68. The molecule has 0 heterocycles. The maximum absolute atomic E-state index is 4.64. The fourth-order valence-electron chi connectivity index (χ4n) is 3.17. The molecule has 0 aliphatic heterocycles. The predicted molar refractivity (Wildman–Crippen MR) is 175 cm³/mol. The Labute approximate surface area is 233 Å². The van der Waals surface area contributed by atoms with Gasteiger partial charge in [-0.1, -0.05) is 116 Å². The molecule has 1 atom stereocenters. The van der Waals surface area contributed by atoms with Crippen LogP contribution in [0.2, 0.25) is 0 Å². The van der Waals surface area contributed by atoms with E-state index in [1.807, 2.05) is 79.7 Å². The average molecular weight is 528 g/mol. The minimum absolute atomic E-state index is 0.812. The summed E-state index contributed by atoms with van der Waals surface area (Å²) >= 11 is 4.64. The van der Waals surface area contributed by atoms with Crippen LogP contribution in [0, 0.1) is 11.8 Å². The molecular weight excluding hydrogens is 485 g/mol. The van der Waals surface area contributed by atoms with Crippen molar-refractivity contribution in [3.8, 4) is 23.0 Å². The molecule has 0 saturated heterocycles. The van der Waals surface area contributed by atoms with Gasteiger partial charge in [-0.05, 0) is 82.2 Å². The molecule has 0 aromatic heterocycles. The van der Waals surface area contributed by atoms with Crippen LogP contribution in [0.4, 0.5) is 5.69 Å². The van der Waals surface area contributed by atoms with Crippen molar-refractivity contribution in [2.24, 2.45) is 4.99 Å². The zero-order valence-corrected chi connectivity index (χ0v) is 25.7. The van der Waals surface area contributed by atoms with E-state index < -0.39 is 0 Å². The zero-order valence-electron chi connectivity index (χ0n) is 23.7. The summed E-state index contributed by atoms with van der Waals surface area (Å²) in [5.41, 5.74) is 6.43. The van der Waals surface area contributed by atoms with Crippen molar-refractivity contribution in [1.82, 2.24) is 0 Å². The Balaban J connectivity index is 0.00000148. The molecule has 0 radical (unpaired) electrons. The van der Waals surface area contributed by atoms with Crippen LogP contribution >= 0.6 is 21.5 Å². The van der Waals surface area contributed by atoms with E-state index >= 15 is 0 Å². The molecule has 0 N–H and O–H groups in total. The standard InChI is InChI=1S/C26H18NPS.4C2H6/c28-17-21-6-10-24-15-20(5-9-25(24)16-21)2-1-19-3-7-22(8-4-19)23-11-13-26(14-12-23)27-18-29;4*1-2/h3-16H,17,28H2;4*1-2H3. The van der Waals surface area contributed by atoms with Crippen LogP contribution < -0.4 is 0 Å². The topological polar surface area (TPSA) is 12.4 Å². The number of isothiocyanates is 1. The molecule has 37 heavy (non-hydrogen) atoms. The lowest BCUT2D eigenvalue weighted by molar-refractivity contribution is 1.44. The lowest BCUT2D eigenvalue weighted by Gasteiger charge is -2.02. The van der Waals surface area contributed by atoms with E-state index in [0.29, 0.717) is 0 Å². The van der Waals surface area contributed by atoms with E-state index in [1.54, 1.807) is 0 Å². The van der Waals surface area contributed by atoms with Crippen molar-refractivity contribution >= 4 is 43.1 Å². The van der Waals surface area contributed by atoms with E-state index in [2.05, 4.69) is 104 Å². The SMILES string of the molecule is CC.CC.CC.CC.PCc1ccc2cc(C#Cc3ccc(-c4ccc(N=C=S)cc4)cc3)ccc2c1. The summed E-state index contributed by atoms with van der Waals surface area (Å²) < 4.78 is 0. The van der Waals surface area contributed by atoms with Gasteiger partial charge in [0.15, 0.2) is 0 Å². The van der Waals surface area contributed by atoms with E-state index in [1.165, 1.54) is 16.3 Å². The smallest absolute Gasteiger partial charge is 0.0739 e. The summed E-state index contributed by atoms with van der Waals surface area (Å²) in [6, 6.07) is 29.2. The van der Waals surface area contributed by atoms with Gasteiger partial charge in [0, 0.05) is 11.1 Å². The van der Waals surface area contributed by atoms with Crippen LogP contribution in [0.3, 0.4) is 0 Å². The maximum atomic E-state index is 4.64. The average Bonchev–Trinajstić information content (AvgIpc) is 3.00. The van der Waals surface area contributed by atoms with E-state index in [4.69, 9.17) is 0 Å². The molecule has 4 rings (SSSR count). The molecule has 0 spiro atoms. The van der Waals surface area contributed by atoms with E-state index in [9.17, 15) is 0 Å². The molecule has 1 unspecified atom stereocenters. The number of rotatable bonds is 3. The van der Waals surface area contributed by atoms with Gasteiger partial charge in [-0.3, -0.25) is 0 Å². The number of thiocarbonyl (C=S) groups is 1. The third-order valence-electron chi connectivity index (χ3n) is 4.75. The van der Waals surface area contributed by atoms with Gasteiger partial charge in [-0.2, -0.15) is 4.99 Å². The first-order valence-electron chi connectivity index (χ1n) is 13.3. The van der Waals surface area contributed by atoms with Gasteiger partial charge in [-0.15, -0.1) is 9.24 Å². The summed E-state index contributed by atoms with van der Waals surface area (Å²) in [6.07, 6.45) is 0.971. The van der Waals surface area contributed by atoms with Crippen molar-refractivity contribution in [3.63, 3.8) is 0 Å². The summed E-state index contributed by atoms with van der Waals surface area (Å²) in [4.78, 5) is 3.98. The number of hydrogen-bond acceptors (Lipinski definition) is 2. The highest BCUT2D eigenvalue weighted by Gasteiger charge is 1.99. The second-order valence-corrected chi connectivity index (χ2v) is 7.27. The van der Waals surface area contributed by atoms with Crippen LogP contribution in [0.1, 0.15) is 72.1 Å². The van der Waals surface area contributed by atoms with Crippen LogP contribution in [0.5, 0.6) is 0 Å². The summed E-state index contributed by atoms with van der Waals surface area (Å²) in [5.74, 6) is 6.54. The maximum Gasteiger partial charge on any atom is 0.0739 e. The fourth-order valence-corrected chi connectivity index (χ4v) is 3.53. The molecule has 4 aromatic carbocycles. The van der Waals surface area contributed by atoms with Gasteiger partial charge in [-0.25, -0.2) is 0 Å². The van der Waals surface area contributed by atoms with Gasteiger partial charge in [0.1, 0.15) is 0 Å². The van der Waals surface area contributed by atoms with E-state index in [0.717, 1.165) is 34.1 Å². The third kappa shape index (κ3) is 11.2. The number of aliphatic imine (C=N–C) groups is 1. The summed E-state index contributed by atoms with van der Waals surface area (Å²) in [5, 5.41) is 4.86. The number of nitrogens with zero attached hydrogens (tertiary/aromatic N) is 1. The Kier molecular flexibility index (Phi) is 19.3. The van der Waals surface area contributed by atoms with Crippen molar-refractivity contribution < 1.29 is 0 Å². The van der Waals surface area contributed by atoms with Crippen LogP contribution in [-0.4, -0.2) is 5.16 Å². The van der Waals surface area contributed by atoms with Gasteiger partial charge < -0.3 is 0 Å². The highest BCUT2D eigenvalue weighted by Crippen LogP contribution is 2.23. The number of benzene rings is 4. The highest BCUT2D eigenvalue weighted by atomic mass is 32.1. The fraction of sp³-hybridized carbons (Fsp3) is 0.265. The second kappa shape index (κ2) is 21.1. The Bertz CT molecular complexity index is 1270. The van der Waals surface area contributed by atoms with Crippen molar-refractivity contribution in [2.75, 3.05) is 0 Å². The molecule has 0 fully saturated rings. The predicted octanol–water partition coefficient (Wildman–Crippen LogP) is 11.1. The first-order chi connectivity index (χ1) is 18.2. The molecule has 0 saturated carbocycles. The van der Waals surface area contributed by atoms with Crippen molar-refractivity contribution in [3.05, 3.63) is 102 Å². The Hall–Kier alpha value is -3.07. The largest absolute Gasteiger partial charge is 0.195 e. The van der Waals surface area contributed by atoms with Crippen molar-refractivity contribution in [2.45, 2.75) is 61.6 Å². The molecule has 0 amide bonds. The minimum atomic E-state index is 0.812. The van der Waals surface area contributed by atoms with Crippen LogP contribution in [-0.2, 0) is 6.16 Å². The van der Waals surface area contributed by atoms with E-state index in [-0.39, 0.29) is 0 Å². The minimum Gasteiger partial charge on any atom is -0.195 e. The molecule has 4 aromatic rings. The molecule has 194 valence electrons. The van der Waals surface area contributed by atoms with Gasteiger partial charge in [0.05, 0.1) is 10.8 Å².